The number of rotatable bonds is 6. The highest BCUT2D eigenvalue weighted by Crippen LogP contribution is 2.45. The Morgan fingerprint density at radius 2 is 1.60 bits per heavy atom. The minimum atomic E-state index is -4.57. The second kappa shape index (κ2) is 11.0. The molecule has 3 aromatic carbocycles. The molecule has 2 fully saturated rings. The van der Waals surface area contributed by atoms with Gasteiger partial charge >= 0.3 is 12.1 Å². The molecule has 1 aliphatic carbocycles. The van der Waals surface area contributed by atoms with Crippen LogP contribution in [0.4, 0.5) is 24.5 Å². The summed E-state index contributed by atoms with van der Waals surface area (Å²) in [6.07, 6.45) is -2.61. The first-order valence-electron chi connectivity index (χ1n) is 12.8. The number of amides is 3. The summed E-state index contributed by atoms with van der Waals surface area (Å²) in [6.45, 7) is -0.744. The number of esters is 1. The van der Waals surface area contributed by atoms with Gasteiger partial charge in [-0.2, -0.15) is 13.2 Å². The number of hydrogen-bond acceptors (Lipinski definition) is 5. The third-order valence-corrected chi connectivity index (χ3v) is 7.34. The second-order valence-electron chi connectivity index (χ2n) is 9.90. The maximum atomic E-state index is 13.3. The highest BCUT2D eigenvalue weighted by Gasteiger charge is 2.50. The number of hydrogen-bond donors (Lipinski definition) is 1. The molecule has 0 spiro atoms. The van der Waals surface area contributed by atoms with Crippen molar-refractivity contribution >= 4 is 35.1 Å². The third kappa shape index (κ3) is 5.61. The van der Waals surface area contributed by atoms with Gasteiger partial charge in [0.2, 0.25) is 11.8 Å². The number of carbonyl (C=O) groups excluding carboxylic acids is 4. The van der Waals surface area contributed by atoms with Crippen molar-refractivity contribution in [1.82, 2.24) is 0 Å². The van der Waals surface area contributed by atoms with Gasteiger partial charge in [-0.3, -0.25) is 19.3 Å². The van der Waals surface area contributed by atoms with Gasteiger partial charge in [-0.25, -0.2) is 4.79 Å². The standard InChI is InChI=1S/C30H25F3N2O5/c31-30(32,33)21-9-5-10-22(16-21)34-26(36)17-40-29(39)20-8-4-11-23(14-20)35-27(37)24-13-12-19(15-25(24)28(35)38)18-6-2-1-3-7-18/h1-11,14,16,19,24-25H,12-13,15,17H2,(H,34,36)/t19-,24-,25-/m1/s1. The molecule has 0 bridgehead atoms. The Labute approximate surface area is 227 Å². The van der Waals surface area contributed by atoms with Crippen LogP contribution in [-0.4, -0.2) is 30.3 Å². The number of nitrogens with one attached hydrogen (secondary N) is 1. The van der Waals surface area contributed by atoms with E-state index in [1.54, 1.807) is 6.07 Å². The number of nitrogens with zero attached hydrogens (tertiary/aromatic N) is 1. The van der Waals surface area contributed by atoms with E-state index in [-0.39, 0.29) is 34.7 Å². The molecule has 2 aliphatic rings. The summed E-state index contributed by atoms with van der Waals surface area (Å²) >= 11 is 0. The van der Waals surface area contributed by atoms with Crippen molar-refractivity contribution in [2.75, 3.05) is 16.8 Å². The molecule has 1 heterocycles. The summed E-state index contributed by atoms with van der Waals surface area (Å²) in [5.41, 5.74) is 0.368. The predicted octanol–water partition coefficient (Wildman–Crippen LogP) is 5.57. The van der Waals surface area contributed by atoms with Crippen LogP contribution in [0.1, 0.15) is 46.7 Å². The van der Waals surface area contributed by atoms with E-state index in [9.17, 15) is 32.3 Å². The van der Waals surface area contributed by atoms with E-state index in [4.69, 9.17) is 4.74 Å². The van der Waals surface area contributed by atoms with Crippen molar-refractivity contribution in [3.8, 4) is 0 Å². The van der Waals surface area contributed by atoms with E-state index in [0.29, 0.717) is 12.8 Å². The van der Waals surface area contributed by atoms with Crippen molar-refractivity contribution in [2.45, 2.75) is 31.4 Å². The lowest BCUT2D eigenvalue weighted by molar-refractivity contribution is -0.137. The van der Waals surface area contributed by atoms with E-state index in [1.165, 1.54) is 24.3 Å². The summed E-state index contributed by atoms with van der Waals surface area (Å²) in [6, 6.07) is 19.8. The van der Waals surface area contributed by atoms with Crippen LogP contribution >= 0.6 is 0 Å². The van der Waals surface area contributed by atoms with Gasteiger partial charge in [0.25, 0.3) is 5.91 Å². The number of halogens is 3. The maximum absolute atomic E-state index is 13.3. The average Bonchev–Trinajstić information content (AvgIpc) is 3.20. The van der Waals surface area contributed by atoms with Crippen molar-refractivity contribution < 1.29 is 37.1 Å². The average molecular weight is 551 g/mol. The molecule has 0 aromatic heterocycles. The Hall–Kier alpha value is -4.47. The number of alkyl halides is 3. The van der Waals surface area contributed by atoms with Crippen molar-refractivity contribution in [2.24, 2.45) is 11.8 Å². The molecule has 7 nitrogen and oxygen atoms in total. The smallest absolute Gasteiger partial charge is 0.416 e. The molecule has 1 saturated heterocycles. The molecule has 1 aliphatic heterocycles. The van der Waals surface area contributed by atoms with Gasteiger partial charge in [0, 0.05) is 5.69 Å². The van der Waals surface area contributed by atoms with E-state index in [0.717, 1.165) is 35.1 Å². The van der Waals surface area contributed by atoms with Gasteiger partial charge in [0.15, 0.2) is 6.61 Å². The fourth-order valence-electron chi connectivity index (χ4n) is 5.42. The number of anilines is 2. The van der Waals surface area contributed by atoms with Crippen LogP contribution in [0.2, 0.25) is 0 Å². The Kier molecular flexibility index (Phi) is 7.42. The van der Waals surface area contributed by atoms with Crippen LogP contribution in [0.15, 0.2) is 78.9 Å². The fourth-order valence-corrected chi connectivity index (χ4v) is 5.42. The molecule has 0 radical (unpaired) electrons. The molecule has 206 valence electrons. The van der Waals surface area contributed by atoms with Crippen molar-refractivity contribution in [3.05, 3.63) is 95.6 Å². The Balaban J connectivity index is 1.22. The lowest BCUT2D eigenvalue weighted by Crippen LogP contribution is -2.31. The zero-order valence-electron chi connectivity index (χ0n) is 21.2. The monoisotopic (exact) mass is 550 g/mol. The molecule has 3 amide bonds. The summed E-state index contributed by atoms with van der Waals surface area (Å²) in [5.74, 6) is -2.99. The zero-order valence-corrected chi connectivity index (χ0v) is 21.2. The summed E-state index contributed by atoms with van der Waals surface area (Å²) < 4.78 is 43.7. The summed E-state index contributed by atoms with van der Waals surface area (Å²) in [4.78, 5) is 52.5. The minimum Gasteiger partial charge on any atom is -0.452 e. The second-order valence-corrected chi connectivity index (χ2v) is 9.90. The molecule has 3 atom stereocenters. The van der Waals surface area contributed by atoms with Crippen LogP contribution < -0.4 is 10.2 Å². The number of imide groups is 1. The molecule has 1 N–H and O–H groups in total. The Morgan fingerprint density at radius 3 is 2.35 bits per heavy atom. The maximum Gasteiger partial charge on any atom is 0.416 e. The van der Waals surface area contributed by atoms with Crippen LogP contribution in [0.3, 0.4) is 0 Å². The molecular formula is C30H25F3N2O5. The normalized spacial score (nSPS) is 20.7. The Morgan fingerprint density at radius 1 is 0.875 bits per heavy atom. The molecule has 40 heavy (non-hydrogen) atoms. The lowest BCUT2D eigenvalue weighted by Gasteiger charge is -2.28. The molecule has 1 saturated carbocycles. The van der Waals surface area contributed by atoms with Crippen molar-refractivity contribution in [3.63, 3.8) is 0 Å². The van der Waals surface area contributed by atoms with Crippen LogP contribution in [0.5, 0.6) is 0 Å². The highest BCUT2D eigenvalue weighted by molar-refractivity contribution is 6.22. The van der Waals surface area contributed by atoms with Gasteiger partial charge in [0.05, 0.1) is 28.7 Å². The van der Waals surface area contributed by atoms with E-state index in [1.807, 2.05) is 30.3 Å². The number of ether oxygens (including phenoxy) is 1. The molecule has 3 aromatic rings. The van der Waals surface area contributed by atoms with E-state index in [2.05, 4.69) is 5.32 Å². The number of fused-ring (bicyclic) bond motifs is 1. The molecular weight excluding hydrogens is 525 g/mol. The number of carbonyl (C=O) groups is 4. The molecule has 10 heteroatoms. The lowest BCUT2D eigenvalue weighted by atomic mass is 9.73. The summed E-state index contributed by atoms with van der Waals surface area (Å²) in [5, 5.41) is 2.26. The van der Waals surface area contributed by atoms with Gasteiger partial charge in [-0.05, 0) is 67.1 Å². The van der Waals surface area contributed by atoms with Gasteiger partial charge < -0.3 is 10.1 Å². The highest BCUT2D eigenvalue weighted by atomic mass is 19.4. The zero-order chi connectivity index (χ0) is 28.4. The van der Waals surface area contributed by atoms with Gasteiger partial charge in [-0.1, -0.05) is 42.5 Å². The third-order valence-electron chi connectivity index (χ3n) is 7.34. The van der Waals surface area contributed by atoms with Gasteiger partial charge in [-0.15, -0.1) is 0 Å². The fraction of sp³-hybridized carbons (Fsp3) is 0.267. The first-order valence-corrected chi connectivity index (χ1v) is 12.8. The van der Waals surface area contributed by atoms with Crippen LogP contribution in [0.25, 0.3) is 0 Å². The van der Waals surface area contributed by atoms with Crippen molar-refractivity contribution in [1.29, 1.82) is 0 Å². The predicted molar refractivity (Wildman–Crippen MR) is 139 cm³/mol. The quantitative estimate of drug-likeness (QED) is 0.320. The SMILES string of the molecule is O=C(COC(=O)c1cccc(N2C(=O)[C@@H]3CC[C@@H](c4ccccc4)C[C@H]3C2=O)c1)Nc1cccc(C(F)(F)F)c1. The largest absolute Gasteiger partial charge is 0.452 e. The van der Waals surface area contributed by atoms with Crippen LogP contribution in [-0.2, 0) is 25.3 Å². The Bertz CT molecular complexity index is 1460. The van der Waals surface area contributed by atoms with Gasteiger partial charge in [0.1, 0.15) is 0 Å². The van der Waals surface area contributed by atoms with E-state index < -0.39 is 42.1 Å². The first-order chi connectivity index (χ1) is 19.1. The summed E-state index contributed by atoms with van der Waals surface area (Å²) in [7, 11) is 0. The topological polar surface area (TPSA) is 92.8 Å². The minimum absolute atomic E-state index is 0.0157. The molecule has 0 unspecified atom stereocenters. The van der Waals surface area contributed by atoms with Crippen LogP contribution in [0, 0.1) is 11.8 Å². The molecule has 5 rings (SSSR count). The first kappa shape index (κ1) is 27.1. The number of benzene rings is 3. The van der Waals surface area contributed by atoms with E-state index >= 15 is 0 Å².